The van der Waals surface area contributed by atoms with Crippen molar-refractivity contribution in [2.24, 2.45) is 0 Å². The number of hydrogen-bond acceptors (Lipinski definition) is 8. The molecule has 1 heterocycles. The van der Waals surface area contributed by atoms with Crippen molar-refractivity contribution in [2.45, 2.75) is 123 Å². The maximum atomic E-state index is 13.2. The number of hydrogen-bond donors (Lipinski definition) is 1. The lowest BCUT2D eigenvalue weighted by Crippen LogP contribution is -2.48. The number of imide groups is 1. The third-order valence-corrected chi connectivity index (χ3v) is 14.7. The Kier molecular flexibility index (Phi) is 10.5. The van der Waals surface area contributed by atoms with E-state index in [1.165, 1.54) is 0 Å². The molecule has 0 aromatic heterocycles. The fraction of sp³-hybridized carbons (Fsp3) is 0.655. The van der Waals surface area contributed by atoms with Crippen LogP contribution < -0.4 is 14.2 Å². The van der Waals surface area contributed by atoms with Crippen molar-refractivity contribution in [3.05, 3.63) is 23.8 Å². The smallest absolute Gasteiger partial charge is 0.408 e. The molecule has 1 aliphatic rings. The second kappa shape index (κ2) is 12.6. The van der Waals surface area contributed by atoms with Crippen LogP contribution in [-0.4, -0.2) is 57.9 Å². The van der Waals surface area contributed by atoms with Crippen LogP contribution in [0.25, 0.3) is 0 Å². The van der Waals surface area contributed by atoms with Crippen LogP contribution in [0.2, 0.25) is 29.7 Å². The van der Waals surface area contributed by atoms with E-state index < -0.39 is 52.9 Å². The standard InChI is InChI=1S/C29H48N2O8Si2/c1-27(2,3)36-26(35)30-20(25(34)37-31-23(32)15-16-24(31)33)17-19-13-14-21(38-40(10)28(4,5)6)22(18-19)39-41(11,12)29(7,8)9/h13-14,18,20,40H,15-17H2,1-12H3,(H,30,35). The van der Waals surface area contributed by atoms with Crippen molar-refractivity contribution >= 4 is 41.2 Å². The van der Waals surface area contributed by atoms with Crippen LogP contribution in [0.1, 0.15) is 80.7 Å². The summed E-state index contributed by atoms with van der Waals surface area (Å²) in [7, 11) is -3.95. The van der Waals surface area contributed by atoms with Gasteiger partial charge in [0.15, 0.2) is 0 Å². The molecule has 0 aliphatic carbocycles. The third-order valence-electron chi connectivity index (χ3n) is 7.31. The maximum absolute atomic E-state index is 13.2. The Labute approximate surface area is 247 Å². The number of carbonyl (C=O) groups excluding carboxylic acids is 4. The number of rotatable bonds is 9. The normalized spacial score (nSPS) is 16.2. The van der Waals surface area contributed by atoms with Gasteiger partial charge in [-0.3, -0.25) is 9.59 Å². The lowest BCUT2D eigenvalue weighted by atomic mass is 10.1. The van der Waals surface area contributed by atoms with E-state index in [4.69, 9.17) is 18.4 Å². The van der Waals surface area contributed by atoms with Gasteiger partial charge in [-0.05, 0) is 68.2 Å². The third kappa shape index (κ3) is 9.87. The highest BCUT2D eigenvalue weighted by atomic mass is 28.4. The molecular weight excluding hydrogens is 560 g/mol. The molecule has 230 valence electrons. The van der Waals surface area contributed by atoms with Gasteiger partial charge in [0.05, 0.1) is 0 Å². The highest BCUT2D eigenvalue weighted by Crippen LogP contribution is 2.41. The van der Waals surface area contributed by atoms with Crippen LogP contribution in [0.15, 0.2) is 18.2 Å². The molecule has 0 bridgehead atoms. The zero-order valence-corrected chi connectivity index (χ0v) is 28.9. The van der Waals surface area contributed by atoms with Crippen LogP contribution in [0.5, 0.6) is 11.5 Å². The second-order valence-electron chi connectivity index (χ2n) is 14.2. The van der Waals surface area contributed by atoms with Crippen LogP contribution >= 0.6 is 0 Å². The van der Waals surface area contributed by atoms with Crippen molar-refractivity contribution in [3.8, 4) is 11.5 Å². The summed E-state index contributed by atoms with van der Waals surface area (Å²) in [6.45, 7) is 24.4. The van der Waals surface area contributed by atoms with Gasteiger partial charge >= 0.3 is 12.1 Å². The molecule has 10 nitrogen and oxygen atoms in total. The number of carbonyl (C=O) groups is 4. The number of alkyl carbamates (subject to hydrolysis) is 1. The minimum absolute atomic E-state index is 0.00527. The van der Waals surface area contributed by atoms with E-state index in [9.17, 15) is 19.2 Å². The van der Waals surface area contributed by atoms with E-state index in [2.05, 4.69) is 66.5 Å². The van der Waals surface area contributed by atoms with E-state index >= 15 is 0 Å². The molecule has 1 N–H and O–H groups in total. The van der Waals surface area contributed by atoms with E-state index in [1.54, 1.807) is 26.8 Å². The number of amides is 3. The summed E-state index contributed by atoms with van der Waals surface area (Å²) >= 11 is 0. The zero-order valence-electron chi connectivity index (χ0n) is 26.7. The molecule has 3 amide bonds. The average molecular weight is 609 g/mol. The Morgan fingerprint density at radius 3 is 2.02 bits per heavy atom. The molecule has 1 aliphatic heterocycles. The Hall–Kier alpha value is -2.87. The second-order valence-corrected chi connectivity index (χ2v) is 22.1. The first-order chi connectivity index (χ1) is 18.5. The maximum Gasteiger partial charge on any atom is 0.408 e. The van der Waals surface area contributed by atoms with Gasteiger partial charge in [0.25, 0.3) is 20.1 Å². The van der Waals surface area contributed by atoms with Crippen LogP contribution in [-0.2, 0) is 30.4 Å². The van der Waals surface area contributed by atoms with Gasteiger partial charge in [-0.1, -0.05) is 47.6 Å². The molecule has 1 aromatic rings. The summed E-state index contributed by atoms with van der Waals surface area (Å²) in [4.78, 5) is 55.1. The van der Waals surface area contributed by atoms with Crippen molar-refractivity contribution in [2.75, 3.05) is 0 Å². The first kappa shape index (κ1) is 34.3. The van der Waals surface area contributed by atoms with E-state index in [-0.39, 0.29) is 29.3 Å². The van der Waals surface area contributed by atoms with Gasteiger partial charge in [0.1, 0.15) is 23.1 Å². The largest absolute Gasteiger partial charge is 0.544 e. The SMILES string of the molecule is C[SiH](Oc1ccc(CC(NC(=O)OC(C)(C)C)C(=O)ON2C(=O)CCC2=O)cc1O[Si](C)(C)C(C)(C)C)C(C)(C)C. The summed E-state index contributed by atoms with van der Waals surface area (Å²) in [6, 6.07) is 4.21. The Balaban J connectivity index is 2.45. The van der Waals surface area contributed by atoms with E-state index in [1.807, 2.05) is 12.1 Å². The number of nitrogens with one attached hydrogen (secondary N) is 1. The number of nitrogens with zero attached hydrogens (tertiary/aromatic N) is 1. The average Bonchev–Trinajstić information content (AvgIpc) is 3.09. The van der Waals surface area contributed by atoms with Crippen LogP contribution in [0, 0.1) is 0 Å². The molecule has 12 heteroatoms. The molecule has 2 rings (SSSR count). The summed E-state index contributed by atoms with van der Waals surface area (Å²) in [5.41, 5.74) is -0.149. The first-order valence-electron chi connectivity index (χ1n) is 14.1. The van der Waals surface area contributed by atoms with Gasteiger partial charge in [-0.2, -0.15) is 0 Å². The fourth-order valence-electron chi connectivity index (χ4n) is 3.34. The zero-order chi connectivity index (χ0) is 31.6. The van der Waals surface area contributed by atoms with Gasteiger partial charge < -0.3 is 23.7 Å². The summed E-state index contributed by atoms with van der Waals surface area (Å²) in [5, 5.41) is 2.95. The molecule has 2 unspecified atom stereocenters. The minimum atomic E-state index is -2.28. The molecule has 0 saturated carbocycles. The first-order valence-corrected chi connectivity index (χ1v) is 19.2. The minimum Gasteiger partial charge on any atom is -0.544 e. The predicted molar refractivity (Wildman–Crippen MR) is 162 cm³/mol. The van der Waals surface area contributed by atoms with Gasteiger partial charge in [0, 0.05) is 19.3 Å². The van der Waals surface area contributed by atoms with Gasteiger partial charge in [-0.25, -0.2) is 9.59 Å². The van der Waals surface area contributed by atoms with E-state index in [0.717, 1.165) is 0 Å². The topological polar surface area (TPSA) is 120 Å². The van der Waals surface area contributed by atoms with Crippen LogP contribution in [0.4, 0.5) is 4.79 Å². The molecular formula is C29H48N2O8Si2. The number of hydroxylamine groups is 2. The molecule has 1 saturated heterocycles. The molecule has 1 aromatic carbocycles. The number of ether oxygens (including phenoxy) is 1. The summed E-state index contributed by atoms with van der Waals surface area (Å²) in [5.74, 6) is -0.960. The van der Waals surface area contributed by atoms with Gasteiger partial charge in [-0.15, -0.1) is 5.06 Å². The Morgan fingerprint density at radius 2 is 1.54 bits per heavy atom. The van der Waals surface area contributed by atoms with Crippen LogP contribution in [0.3, 0.4) is 0 Å². The molecule has 0 spiro atoms. The number of benzene rings is 1. The highest BCUT2D eigenvalue weighted by Gasteiger charge is 2.40. The molecule has 0 radical (unpaired) electrons. The molecule has 2 atom stereocenters. The molecule has 1 fully saturated rings. The van der Waals surface area contributed by atoms with Gasteiger partial charge in [0.2, 0.25) is 9.04 Å². The van der Waals surface area contributed by atoms with Crippen molar-refractivity contribution in [3.63, 3.8) is 0 Å². The summed E-state index contributed by atoms with van der Waals surface area (Å²) < 4.78 is 18.5. The van der Waals surface area contributed by atoms with Crippen molar-refractivity contribution in [1.29, 1.82) is 0 Å². The molecule has 41 heavy (non-hydrogen) atoms. The monoisotopic (exact) mass is 608 g/mol. The Bertz CT molecular complexity index is 1130. The van der Waals surface area contributed by atoms with Crippen molar-refractivity contribution < 1.29 is 37.6 Å². The highest BCUT2D eigenvalue weighted by molar-refractivity contribution is 6.74. The fourth-order valence-corrected chi connectivity index (χ4v) is 5.29. The lowest BCUT2D eigenvalue weighted by Gasteiger charge is -2.37. The van der Waals surface area contributed by atoms with E-state index in [0.29, 0.717) is 22.1 Å². The summed E-state index contributed by atoms with van der Waals surface area (Å²) in [6.07, 6.45) is -0.916. The lowest BCUT2D eigenvalue weighted by molar-refractivity contribution is -0.198. The van der Waals surface area contributed by atoms with Crippen molar-refractivity contribution in [1.82, 2.24) is 10.4 Å². The predicted octanol–water partition coefficient (Wildman–Crippen LogP) is 5.65. The Morgan fingerprint density at radius 1 is 0.976 bits per heavy atom. The quantitative estimate of drug-likeness (QED) is 0.282.